The summed E-state index contributed by atoms with van der Waals surface area (Å²) in [4.78, 5) is 0. The standard InChI is InChI=1S/C20H26O2/c1-19-8-7-16-15-5-4-14(22-2)9-12(15)3-6-17(16)20(19)11-13(20)10-18(19)21/h4-5,9,13,16-18,21H,3,6-8,10-11H2,1-2H3/t13-,16?,17?,18-,19+,20+/m0/s1. The average Bonchev–Trinajstić information content (AvgIpc) is 3.19. The first-order valence-corrected chi connectivity index (χ1v) is 8.95. The SMILES string of the molecule is COc1ccc2c(c1)CCC1C2CC[C@]2(C)[C@@H](O)C[C@H]3C[C@]132. The lowest BCUT2D eigenvalue weighted by Gasteiger charge is -2.52. The molecule has 0 bridgehead atoms. The van der Waals surface area contributed by atoms with Crippen molar-refractivity contribution >= 4 is 0 Å². The number of ether oxygens (including phenoxy) is 1. The van der Waals surface area contributed by atoms with Crippen LogP contribution in [0.2, 0.25) is 0 Å². The molecule has 5 rings (SSSR count). The summed E-state index contributed by atoms with van der Waals surface area (Å²) in [6.07, 6.45) is 7.36. The Morgan fingerprint density at radius 3 is 2.95 bits per heavy atom. The lowest BCUT2D eigenvalue weighted by Crippen LogP contribution is -2.47. The van der Waals surface area contributed by atoms with Crippen LogP contribution in [-0.2, 0) is 6.42 Å². The van der Waals surface area contributed by atoms with Gasteiger partial charge in [-0.3, -0.25) is 0 Å². The zero-order valence-corrected chi connectivity index (χ0v) is 13.6. The largest absolute Gasteiger partial charge is 0.497 e. The first-order chi connectivity index (χ1) is 10.6. The maximum Gasteiger partial charge on any atom is 0.119 e. The molecule has 118 valence electrons. The Labute approximate surface area is 132 Å². The summed E-state index contributed by atoms with van der Waals surface area (Å²) >= 11 is 0. The van der Waals surface area contributed by atoms with Crippen molar-refractivity contribution in [3.63, 3.8) is 0 Å². The minimum Gasteiger partial charge on any atom is -0.497 e. The Balaban J connectivity index is 1.56. The molecule has 0 radical (unpaired) electrons. The van der Waals surface area contributed by atoms with Crippen molar-refractivity contribution in [2.75, 3.05) is 7.11 Å². The van der Waals surface area contributed by atoms with Gasteiger partial charge in [0.1, 0.15) is 5.75 Å². The van der Waals surface area contributed by atoms with Gasteiger partial charge in [-0.2, -0.15) is 0 Å². The average molecular weight is 298 g/mol. The molecule has 6 atom stereocenters. The van der Waals surface area contributed by atoms with Gasteiger partial charge in [0.25, 0.3) is 0 Å². The predicted molar refractivity (Wildman–Crippen MR) is 86.1 cm³/mol. The summed E-state index contributed by atoms with van der Waals surface area (Å²) in [7, 11) is 1.76. The van der Waals surface area contributed by atoms with E-state index in [1.807, 2.05) is 0 Å². The number of hydrogen-bond acceptors (Lipinski definition) is 2. The van der Waals surface area contributed by atoms with E-state index in [9.17, 15) is 5.11 Å². The first-order valence-electron chi connectivity index (χ1n) is 8.95. The summed E-state index contributed by atoms with van der Waals surface area (Å²) in [5, 5.41) is 10.6. The molecule has 1 N–H and O–H groups in total. The number of aryl methyl sites for hydroxylation is 1. The summed E-state index contributed by atoms with van der Waals surface area (Å²) in [6, 6.07) is 6.72. The summed E-state index contributed by atoms with van der Waals surface area (Å²) in [6.45, 7) is 2.39. The van der Waals surface area contributed by atoms with Gasteiger partial charge in [0.2, 0.25) is 0 Å². The van der Waals surface area contributed by atoms with Crippen molar-refractivity contribution < 1.29 is 9.84 Å². The minimum atomic E-state index is -0.0514. The molecule has 0 aliphatic heterocycles. The van der Waals surface area contributed by atoms with Gasteiger partial charge in [-0.05, 0) is 90.4 Å². The van der Waals surface area contributed by atoms with Crippen molar-refractivity contribution in [3.8, 4) is 5.75 Å². The Bertz CT molecular complexity index is 639. The lowest BCUT2D eigenvalue weighted by molar-refractivity contribution is -0.0558. The molecule has 1 aromatic carbocycles. The van der Waals surface area contributed by atoms with Gasteiger partial charge in [0, 0.05) is 0 Å². The van der Waals surface area contributed by atoms with Crippen LogP contribution in [0.5, 0.6) is 5.75 Å². The van der Waals surface area contributed by atoms with E-state index in [1.165, 1.54) is 37.7 Å². The highest BCUT2D eigenvalue weighted by molar-refractivity contribution is 5.42. The van der Waals surface area contributed by atoms with Gasteiger partial charge < -0.3 is 9.84 Å². The van der Waals surface area contributed by atoms with E-state index < -0.39 is 0 Å². The van der Waals surface area contributed by atoms with Crippen molar-refractivity contribution in [2.45, 2.75) is 57.5 Å². The van der Waals surface area contributed by atoms with Gasteiger partial charge >= 0.3 is 0 Å². The van der Waals surface area contributed by atoms with E-state index in [1.54, 1.807) is 12.7 Å². The second-order valence-electron chi connectivity index (χ2n) is 8.47. The van der Waals surface area contributed by atoms with Crippen LogP contribution in [0.3, 0.4) is 0 Å². The van der Waals surface area contributed by atoms with E-state index >= 15 is 0 Å². The molecule has 2 heteroatoms. The molecular formula is C20H26O2. The second-order valence-corrected chi connectivity index (χ2v) is 8.47. The topological polar surface area (TPSA) is 29.5 Å². The molecule has 2 unspecified atom stereocenters. The molecular weight excluding hydrogens is 272 g/mol. The number of benzene rings is 1. The number of fused-ring (bicyclic) bond motifs is 3. The van der Waals surface area contributed by atoms with E-state index in [4.69, 9.17) is 4.74 Å². The highest BCUT2D eigenvalue weighted by Gasteiger charge is 2.76. The van der Waals surface area contributed by atoms with E-state index in [2.05, 4.69) is 25.1 Å². The predicted octanol–water partition coefficient (Wildman–Crippen LogP) is 3.91. The molecule has 1 aromatic rings. The van der Waals surface area contributed by atoms with E-state index in [0.717, 1.165) is 29.9 Å². The van der Waals surface area contributed by atoms with Crippen LogP contribution < -0.4 is 4.74 Å². The number of aliphatic hydroxyl groups excluding tert-OH is 1. The maximum atomic E-state index is 10.6. The van der Waals surface area contributed by atoms with E-state index in [0.29, 0.717) is 5.41 Å². The highest BCUT2D eigenvalue weighted by Crippen LogP contribution is 2.81. The van der Waals surface area contributed by atoms with Crippen LogP contribution in [0.4, 0.5) is 0 Å². The van der Waals surface area contributed by atoms with Crippen molar-refractivity contribution in [1.82, 2.24) is 0 Å². The zero-order valence-electron chi connectivity index (χ0n) is 13.6. The molecule has 2 nitrogen and oxygen atoms in total. The molecule has 22 heavy (non-hydrogen) atoms. The molecule has 1 spiro atoms. The Morgan fingerprint density at radius 1 is 1.27 bits per heavy atom. The summed E-state index contributed by atoms with van der Waals surface area (Å²) < 4.78 is 5.41. The van der Waals surface area contributed by atoms with Crippen LogP contribution in [0.25, 0.3) is 0 Å². The van der Waals surface area contributed by atoms with Crippen LogP contribution in [0.1, 0.15) is 56.1 Å². The highest BCUT2D eigenvalue weighted by atomic mass is 16.5. The minimum absolute atomic E-state index is 0.0514. The van der Waals surface area contributed by atoms with Crippen molar-refractivity contribution in [2.24, 2.45) is 22.7 Å². The van der Waals surface area contributed by atoms with Crippen LogP contribution in [-0.4, -0.2) is 18.3 Å². The van der Waals surface area contributed by atoms with Gasteiger partial charge in [-0.1, -0.05) is 13.0 Å². The number of rotatable bonds is 1. The Morgan fingerprint density at radius 2 is 2.14 bits per heavy atom. The van der Waals surface area contributed by atoms with Crippen LogP contribution in [0, 0.1) is 22.7 Å². The molecule has 0 saturated heterocycles. The monoisotopic (exact) mass is 298 g/mol. The maximum absolute atomic E-state index is 10.6. The van der Waals surface area contributed by atoms with Crippen molar-refractivity contribution in [3.05, 3.63) is 29.3 Å². The fourth-order valence-electron chi connectivity index (χ4n) is 6.90. The molecule has 0 aromatic heterocycles. The molecule has 3 fully saturated rings. The number of methoxy groups -OCH3 is 1. The molecule has 4 aliphatic carbocycles. The Hall–Kier alpha value is -1.02. The van der Waals surface area contributed by atoms with Crippen LogP contribution >= 0.6 is 0 Å². The fraction of sp³-hybridized carbons (Fsp3) is 0.700. The third kappa shape index (κ3) is 1.37. The Kier molecular flexibility index (Phi) is 2.49. The van der Waals surface area contributed by atoms with Gasteiger partial charge in [-0.25, -0.2) is 0 Å². The third-order valence-corrected chi connectivity index (χ3v) is 8.06. The molecule has 0 heterocycles. The second kappa shape index (κ2) is 4.08. The zero-order chi connectivity index (χ0) is 15.1. The first kappa shape index (κ1) is 13.4. The summed E-state index contributed by atoms with van der Waals surface area (Å²) in [5.41, 5.74) is 3.76. The number of hydrogen-bond donors (Lipinski definition) is 1. The third-order valence-electron chi connectivity index (χ3n) is 8.06. The normalized spacial score (nSPS) is 48.0. The quantitative estimate of drug-likeness (QED) is 0.851. The smallest absolute Gasteiger partial charge is 0.119 e. The van der Waals surface area contributed by atoms with E-state index in [-0.39, 0.29) is 11.5 Å². The van der Waals surface area contributed by atoms with Gasteiger partial charge in [0.05, 0.1) is 13.2 Å². The van der Waals surface area contributed by atoms with Crippen LogP contribution in [0.15, 0.2) is 18.2 Å². The fourth-order valence-corrected chi connectivity index (χ4v) is 6.90. The van der Waals surface area contributed by atoms with Gasteiger partial charge in [-0.15, -0.1) is 0 Å². The molecule has 3 saturated carbocycles. The molecule has 4 aliphatic rings. The number of aliphatic hydroxyl groups is 1. The van der Waals surface area contributed by atoms with Crippen molar-refractivity contribution in [1.29, 1.82) is 0 Å². The van der Waals surface area contributed by atoms with Gasteiger partial charge in [0.15, 0.2) is 0 Å². The molecule has 0 amide bonds. The summed E-state index contributed by atoms with van der Waals surface area (Å²) in [5.74, 6) is 3.32. The lowest BCUT2D eigenvalue weighted by atomic mass is 9.52.